The van der Waals surface area contributed by atoms with Crippen LogP contribution in [0.2, 0.25) is 0 Å². The molecule has 1 aliphatic heterocycles. The summed E-state index contributed by atoms with van der Waals surface area (Å²) in [5, 5.41) is 0. The summed E-state index contributed by atoms with van der Waals surface area (Å²) >= 11 is 0. The number of rotatable bonds is 6. The highest BCUT2D eigenvalue weighted by Gasteiger charge is 2.19. The highest BCUT2D eigenvalue weighted by molar-refractivity contribution is 5.08. The van der Waals surface area contributed by atoms with Crippen LogP contribution in [0, 0.1) is 5.92 Å². The molecule has 3 rings (SSSR count). The zero-order chi connectivity index (χ0) is 15.9. The van der Waals surface area contributed by atoms with Crippen molar-refractivity contribution in [2.45, 2.75) is 64.3 Å². The quantitative estimate of drug-likeness (QED) is 0.800. The molecule has 128 valence electrons. The van der Waals surface area contributed by atoms with Crippen molar-refractivity contribution in [3.63, 3.8) is 0 Å². The van der Waals surface area contributed by atoms with Crippen LogP contribution in [0.3, 0.4) is 0 Å². The van der Waals surface area contributed by atoms with Crippen LogP contribution >= 0.6 is 0 Å². The zero-order valence-electron chi connectivity index (χ0n) is 14.5. The van der Waals surface area contributed by atoms with Crippen LogP contribution in [0.4, 0.5) is 0 Å². The first-order chi connectivity index (χ1) is 11.3. The number of nitrogens with zero attached hydrogens (tertiary/aromatic N) is 3. The summed E-state index contributed by atoms with van der Waals surface area (Å²) in [6.45, 7) is 7.34. The Labute approximate surface area is 140 Å². The first-order valence-electron chi connectivity index (χ1n) is 9.46. The lowest BCUT2D eigenvalue weighted by molar-refractivity contribution is 0.0521. The van der Waals surface area contributed by atoms with E-state index in [2.05, 4.69) is 34.2 Å². The van der Waals surface area contributed by atoms with Crippen LogP contribution in [0.25, 0.3) is 0 Å². The molecule has 2 fully saturated rings. The number of hydrogen-bond donors (Lipinski definition) is 0. The Morgan fingerprint density at radius 3 is 2.39 bits per heavy atom. The van der Waals surface area contributed by atoms with Gasteiger partial charge in [-0.2, -0.15) is 0 Å². The Kier molecular flexibility index (Phi) is 6.40. The van der Waals surface area contributed by atoms with E-state index in [-0.39, 0.29) is 0 Å². The van der Waals surface area contributed by atoms with Crippen molar-refractivity contribution in [3.05, 3.63) is 23.8 Å². The van der Waals surface area contributed by atoms with Crippen LogP contribution in [0.1, 0.15) is 69.2 Å². The normalized spacial score (nSPS) is 21.0. The van der Waals surface area contributed by atoms with Gasteiger partial charge in [0.15, 0.2) is 0 Å². The van der Waals surface area contributed by atoms with E-state index in [0.29, 0.717) is 5.92 Å². The number of aromatic nitrogens is 2. The molecule has 1 aromatic rings. The van der Waals surface area contributed by atoms with Crippen LogP contribution in [-0.2, 0) is 11.3 Å². The van der Waals surface area contributed by atoms with Crippen molar-refractivity contribution in [3.8, 4) is 0 Å². The second-order valence-corrected chi connectivity index (χ2v) is 7.17. The fourth-order valence-electron chi connectivity index (χ4n) is 3.88. The van der Waals surface area contributed by atoms with Crippen LogP contribution in [-0.4, -0.2) is 41.2 Å². The Hall–Kier alpha value is -1.00. The van der Waals surface area contributed by atoms with Gasteiger partial charge in [0.05, 0.1) is 0 Å². The molecule has 4 nitrogen and oxygen atoms in total. The van der Waals surface area contributed by atoms with Crippen molar-refractivity contribution < 1.29 is 4.74 Å². The van der Waals surface area contributed by atoms with Crippen molar-refractivity contribution in [1.29, 1.82) is 0 Å². The summed E-state index contributed by atoms with van der Waals surface area (Å²) in [6, 6.07) is 0. The molecule has 0 unspecified atom stereocenters. The van der Waals surface area contributed by atoms with Gasteiger partial charge < -0.3 is 4.74 Å². The molecule has 0 spiro atoms. The van der Waals surface area contributed by atoms with E-state index >= 15 is 0 Å². The minimum atomic E-state index is 0.599. The van der Waals surface area contributed by atoms with Crippen molar-refractivity contribution in [1.82, 2.24) is 14.9 Å². The van der Waals surface area contributed by atoms with Gasteiger partial charge in [-0.3, -0.25) is 4.90 Å². The zero-order valence-corrected chi connectivity index (χ0v) is 14.5. The molecule has 2 heterocycles. The third-order valence-electron chi connectivity index (χ3n) is 5.41. The Bertz CT molecular complexity index is 450. The Morgan fingerprint density at radius 2 is 1.74 bits per heavy atom. The Balaban J connectivity index is 1.53. The van der Waals surface area contributed by atoms with Gasteiger partial charge in [-0.15, -0.1) is 0 Å². The van der Waals surface area contributed by atoms with Gasteiger partial charge >= 0.3 is 0 Å². The van der Waals surface area contributed by atoms with Gasteiger partial charge in [0.25, 0.3) is 0 Å². The molecule has 1 saturated carbocycles. The molecule has 0 aromatic carbocycles. The number of hydrogen-bond acceptors (Lipinski definition) is 4. The maximum atomic E-state index is 5.47. The van der Waals surface area contributed by atoms with E-state index in [1.165, 1.54) is 57.1 Å². The summed E-state index contributed by atoms with van der Waals surface area (Å²) in [4.78, 5) is 11.9. The number of ether oxygens (including phenoxy) is 1. The topological polar surface area (TPSA) is 38.2 Å². The molecule has 0 atom stereocenters. The second-order valence-electron chi connectivity index (χ2n) is 7.17. The summed E-state index contributed by atoms with van der Waals surface area (Å²) in [5.41, 5.74) is 1.25. The summed E-state index contributed by atoms with van der Waals surface area (Å²) in [7, 11) is 0. The van der Waals surface area contributed by atoms with Crippen LogP contribution < -0.4 is 0 Å². The molecule has 2 aliphatic rings. The SMILES string of the molecule is CCN(Cc1cnc(C2CCCCC2)nc1)CC1CCOCC1. The predicted octanol–water partition coefficient (Wildman–Crippen LogP) is 3.77. The third kappa shape index (κ3) is 4.98. The second kappa shape index (κ2) is 8.74. The molecule has 0 N–H and O–H groups in total. The van der Waals surface area contributed by atoms with E-state index in [1.54, 1.807) is 0 Å². The maximum Gasteiger partial charge on any atom is 0.131 e. The van der Waals surface area contributed by atoms with E-state index < -0.39 is 0 Å². The van der Waals surface area contributed by atoms with Gasteiger partial charge in [0.2, 0.25) is 0 Å². The van der Waals surface area contributed by atoms with Gasteiger partial charge in [-0.1, -0.05) is 26.2 Å². The van der Waals surface area contributed by atoms with Gasteiger partial charge in [-0.05, 0) is 38.1 Å². The fraction of sp³-hybridized carbons (Fsp3) is 0.789. The van der Waals surface area contributed by atoms with Crippen molar-refractivity contribution in [2.24, 2.45) is 5.92 Å². The fourth-order valence-corrected chi connectivity index (χ4v) is 3.88. The molecule has 0 amide bonds. The van der Waals surface area contributed by atoms with Crippen molar-refractivity contribution in [2.75, 3.05) is 26.3 Å². The van der Waals surface area contributed by atoms with Crippen molar-refractivity contribution >= 4 is 0 Å². The van der Waals surface area contributed by atoms with E-state index in [0.717, 1.165) is 38.0 Å². The Morgan fingerprint density at radius 1 is 1.04 bits per heavy atom. The smallest absolute Gasteiger partial charge is 0.131 e. The highest BCUT2D eigenvalue weighted by atomic mass is 16.5. The standard InChI is InChI=1S/C19H31N3O/c1-2-22(14-16-8-10-23-11-9-16)15-17-12-20-19(21-13-17)18-6-4-3-5-7-18/h12-13,16,18H,2-11,14-15H2,1H3. The third-order valence-corrected chi connectivity index (χ3v) is 5.41. The van der Waals surface area contributed by atoms with Crippen LogP contribution in [0.5, 0.6) is 0 Å². The van der Waals surface area contributed by atoms with Gasteiger partial charge in [0.1, 0.15) is 5.82 Å². The maximum absolute atomic E-state index is 5.47. The first-order valence-corrected chi connectivity index (χ1v) is 9.46. The summed E-state index contributed by atoms with van der Waals surface area (Å²) in [5.74, 6) is 2.45. The molecular formula is C19H31N3O. The molecule has 1 aromatic heterocycles. The molecule has 0 radical (unpaired) electrons. The lowest BCUT2D eigenvalue weighted by Crippen LogP contribution is -2.32. The first kappa shape index (κ1) is 16.8. The average Bonchev–Trinajstić information content (AvgIpc) is 2.63. The van der Waals surface area contributed by atoms with Gasteiger partial charge in [0, 0.05) is 50.2 Å². The van der Waals surface area contributed by atoms with Crippen LogP contribution in [0.15, 0.2) is 12.4 Å². The minimum absolute atomic E-state index is 0.599. The van der Waals surface area contributed by atoms with E-state index in [1.807, 2.05) is 0 Å². The van der Waals surface area contributed by atoms with E-state index in [4.69, 9.17) is 4.74 Å². The van der Waals surface area contributed by atoms with Gasteiger partial charge in [-0.25, -0.2) is 9.97 Å². The predicted molar refractivity (Wildman–Crippen MR) is 92.4 cm³/mol. The minimum Gasteiger partial charge on any atom is -0.381 e. The monoisotopic (exact) mass is 317 g/mol. The summed E-state index contributed by atoms with van der Waals surface area (Å²) in [6.07, 6.45) is 13.1. The molecule has 1 aliphatic carbocycles. The summed E-state index contributed by atoms with van der Waals surface area (Å²) < 4.78 is 5.47. The molecule has 0 bridgehead atoms. The average molecular weight is 317 g/mol. The lowest BCUT2D eigenvalue weighted by Gasteiger charge is -2.29. The highest BCUT2D eigenvalue weighted by Crippen LogP contribution is 2.30. The molecule has 4 heteroatoms. The molecular weight excluding hydrogens is 286 g/mol. The lowest BCUT2D eigenvalue weighted by atomic mass is 9.89. The largest absolute Gasteiger partial charge is 0.381 e. The van der Waals surface area contributed by atoms with E-state index in [9.17, 15) is 0 Å². The molecule has 1 saturated heterocycles. The molecule has 23 heavy (non-hydrogen) atoms.